The van der Waals surface area contributed by atoms with Crippen molar-refractivity contribution in [3.63, 3.8) is 0 Å². The van der Waals surface area contributed by atoms with Gasteiger partial charge in [0.25, 0.3) is 0 Å². The Bertz CT molecular complexity index is 670. The molecule has 0 N–H and O–H groups in total. The fraction of sp³-hybridized carbons (Fsp3) is 0.474. The van der Waals surface area contributed by atoms with Crippen molar-refractivity contribution in [3.05, 3.63) is 52.9 Å². The van der Waals surface area contributed by atoms with Gasteiger partial charge in [0.1, 0.15) is 0 Å². The molecule has 0 aliphatic carbocycles. The number of carbonyl (C=O) groups excluding carboxylic acids is 1. The van der Waals surface area contributed by atoms with Gasteiger partial charge >= 0.3 is 0 Å². The summed E-state index contributed by atoms with van der Waals surface area (Å²) in [5.41, 5.74) is 3.39. The van der Waals surface area contributed by atoms with Gasteiger partial charge in [-0.05, 0) is 25.8 Å². The SMILES string of the molecule is Cc1ccc(CCC(=O)N2CCN(Cc3cc(C)no3)CC2)cc1. The zero-order valence-corrected chi connectivity index (χ0v) is 14.5. The first-order valence-electron chi connectivity index (χ1n) is 8.58. The maximum atomic E-state index is 12.4. The Balaban J connectivity index is 1.42. The maximum absolute atomic E-state index is 12.4. The molecular weight excluding hydrogens is 302 g/mol. The molecule has 1 fully saturated rings. The maximum Gasteiger partial charge on any atom is 0.222 e. The molecule has 5 heteroatoms. The van der Waals surface area contributed by atoms with Crippen LogP contribution in [0, 0.1) is 13.8 Å². The van der Waals surface area contributed by atoms with Gasteiger partial charge in [-0.3, -0.25) is 9.69 Å². The number of hydrogen-bond donors (Lipinski definition) is 0. The number of nitrogens with zero attached hydrogens (tertiary/aromatic N) is 3. The van der Waals surface area contributed by atoms with E-state index in [-0.39, 0.29) is 5.91 Å². The Morgan fingerprint density at radius 3 is 2.46 bits per heavy atom. The third-order valence-electron chi connectivity index (χ3n) is 4.53. The number of piperazine rings is 1. The number of hydrogen-bond acceptors (Lipinski definition) is 4. The van der Waals surface area contributed by atoms with Gasteiger partial charge in [0.05, 0.1) is 12.2 Å². The summed E-state index contributed by atoms with van der Waals surface area (Å²) in [6.45, 7) is 8.13. The molecular formula is C19H25N3O2. The molecule has 24 heavy (non-hydrogen) atoms. The van der Waals surface area contributed by atoms with Crippen LogP contribution in [0.4, 0.5) is 0 Å². The normalized spacial score (nSPS) is 15.7. The van der Waals surface area contributed by atoms with Gasteiger partial charge in [-0.25, -0.2) is 0 Å². The van der Waals surface area contributed by atoms with Crippen molar-refractivity contribution in [2.24, 2.45) is 0 Å². The molecule has 5 nitrogen and oxygen atoms in total. The molecule has 128 valence electrons. The first kappa shape index (κ1) is 16.7. The second-order valence-corrected chi connectivity index (χ2v) is 6.58. The molecule has 3 rings (SSSR count). The van der Waals surface area contributed by atoms with Gasteiger partial charge < -0.3 is 9.42 Å². The Morgan fingerprint density at radius 2 is 1.83 bits per heavy atom. The Kier molecular flexibility index (Phi) is 5.30. The summed E-state index contributed by atoms with van der Waals surface area (Å²) in [5, 5.41) is 3.92. The lowest BCUT2D eigenvalue weighted by atomic mass is 10.1. The molecule has 0 bridgehead atoms. The molecule has 2 heterocycles. The highest BCUT2D eigenvalue weighted by Crippen LogP contribution is 2.12. The number of benzene rings is 1. The van der Waals surface area contributed by atoms with E-state index in [1.807, 2.05) is 17.9 Å². The predicted octanol–water partition coefficient (Wildman–Crippen LogP) is 2.57. The number of aromatic nitrogens is 1. The van der Waals surface area contributed by atoms with Crippen LogP contribution < -0.4 is 0 Å². The van der Waals surface area contributed by atoms with Crippen molar-refractivity contribution in [3.8, 4) is 0 Å². The fourth-order valence-electron chi connectivity index (χ4n) is 3.03. The molecule has 1 aliphatic rings. The molecule has 1 aliphatic heterocycles. The van der Waals surface area contributed by atoms with E-state index in [9.17, 15) is 4.79 Å². The van der Waals surface area contributed by atoms with E-state index < -0.39 is 0 Å². The lowest BCUT2D eigenvalue weighted by molar-refractivity contribution is -0.133. The minimum Gasteiger partial charge on any atom is -0.360 e. The third kappa shape index (κ3) is 4.45. The lowest BCUT2D eigenvalue weighted by Gasteiger charge is -2.34. The van der Waals surface area contributed by atoms with E-state index >= 15 is 0 Å². The van der Waals surface area contributed by atoms with Crippen LogP contribution >= 0.6 is 0 Å². The van der Waals surface area contributed by atoms with E-state index in [0.717, 1.165) is 50.6 Å². The van der Waals surface area contributed by atoms with Crippen molar-refractivity contribution in [2.45, 2.75) is 33.2 Å². The van der Waals surface area contributed by atoms with Crippen LogP contribution in [-0.2, 0) is 17.8 Å². The van der Waals surface area contributed by atoms with Crippen molar-refractivity contribution >= 4 is 5.91 Å². The predicted molar refractivity (Wildman–Crippen MR) is 92.6 cm³/mol. The molecule has 1 saturated heterocycles. The molecule has 1 aromatic heterocycles. The number of amides is 1. The van der Waals surface area contributed by atoms with E-state index in [1.54, 1.807) is 0 Å². The average molecular weight is 327 g/mol. The summed E-state index contributed by atoms with van der Waals surface area (Å²) in [4.78, 5) is 16.7. The molecule has 0 unspecified atom stereocenters. The second kappa shape index (κ2) is 7.62. The number of aryl methyl sites for hydroxylation is 3. The Morgan fingerprint density at radius 1 is 1.12 bits per heavy atom. The highest BCUT2D eigenvalue weighted by atomic mass is 16.5. The second-order valence-electron chi connectivity index (χ2n) is 6.58. The van der Waals surface area contributed by atoms with Gasteiger partial charge in [-0.2, -0.15) is 0 Å². The standard InChI is InChI=1S/C19H25N3O2/c1-15-3-5-17(6-4-15)7-8-19(23)22-11-9-21(10-12-22)14-18-13-16(2)20-24-18/h3-6,13H,7-12,14H2,1-2H3. The van der Waals surface area contributed by atoms with E-state index in [2.05, 4.69) is 41.2 Å². The summed E-state index contributed by atoms with van der Waals surface area (Å²) in [6.07, 6.45) is 1.40. The first-order chi connectivity index (χ1) is 11.6. The lowest BCUT2D eigenvalue weighted by Crippen LogP contribution is -2.48. The summed E-state index contributed by atoms with van der Waals surface area (Å²) in [6, 6.07) is 10.4. The molecule has 0 spiro atoms. The highest BCUT2D eigenvalue weighted by molar-refractivity contribution is 5.76. The summed E-state index contributed by atoms with van der Waals surface area (Å²) < 4.78 is 5.27. The van der Waals surface area contributed by atoms with E-state index in [4.69, 9.17) is 4.52 Å². The van der Waals surface area contributed by atoms with E-state index in [1.165, 1.54) is 11.1 Å². The summed E-state index contributed by atoms with van der Waals surface area (Å²) in [5.74, 6) is 1.15. The van der Waals surface area contributed by atoms with Gasteiger partial charge in [0.2, 0.25) is 5.91 Å². The summed E-state index contributed by atoms with van der Waals surface area (Å²) in [7, 11) is 0. The van der Waals surface area contributed by atoms with Crippen LogP contribution in [0.5, 0.6) is 0 Å². The van der Waals surface area contributed by atoms with Crippen molar-refractivity contribution < 1.29 is 9.32 Å². The zero-order valence-electron chi connectivity index (χ0n) is 14.5. The number of rotatable bonds is 5. The Hall–Kier alpha value is -2.14. The average Bonchev–Trinajstić information content (AvgIpc) is 2.99. The molecule has 0 atom stereocenters. The van der Waals surface area contributed by atoms with Crippen LogP contribution in [0.1, 0.15) is 29.0 Å². The quantitative estimate of drug-likeness (QED) is 0.847. The minimum atomic E-state index is 0.255. The summed E-state index contributed by atoms with van der Waals surface area (Å²) >= 11 is 0. The van der Waals surface area contributed by atoms with Gasteiger partial charge in [-0.1, -0.05) is 35.0 Å². The molecule has 0 saturated carbocycles. The van der Waals surface area contributed by atoms with Crippen molar-refractivity contribution in [2.75, 3.05) is 26.2 Å². The third-order valence-corrected chi connectivity index (χ3v) is 4.53. The minimum absolute atomic E-state index is 0.255. The smallest absolute Gasteiger partial charge is 0.222 e. The van der Waals surface area contributed by atoms with Crippen LogP contribution in [0.3, 0.4) is 0 Å². The molecule has 2 aromatic rings. The van der Waals surface area contributed by atoms with Crippen LogP contribution in [0.25, 0.3) is 0 Å². The first-order valence-corrected chi connectivity index (χ1v) is 8.58. The van der Waals surface area contributed by atoms with Gasteiger partial charge in [-0.15, -0.1) is 0 Å². The topological polar surface area (TPSA) is 49.6 Å². The largest absolute Gasteiger partial charge is 0.360 e. The highest BCUT2D eigenvalue weighted by Gasteiger charge is 2.21. The van der Waals surface area contributed by atoms with Gasteiger partial charge in [0, 0.05) is 38.7 Å². The molecule has 1 aromatic carbocycles. The molecule has 1 amide bonds. The monoisotopic (exact) mass is 327 g/mol. The van der Waals surface area contributed by atoms with Crippen LogP contribution in [0.15, 0.2) is 34.9 Å². The van der Waals surface area contributed by atoms with E-state index in [0.29, 0.717) is 6.42 Å². The number of carbonyl (C=O) groups is 1. The van der Waals surface area contributed by atoms with Crippen molar-refractivity contribution in [1.82, 2.24) is 15.0 Å². The zero-order chi connectivity index (χ0) is 16.9. The molecule has 0 radical (unpaired) electrons. The van der Waals surface area contributed by atoms with Crippen molar-refractivity contribution in [1.29, 1.82) is 0 Å². The van der Waals surface area contributed by atoms with Crippen LogP contribution in [0.2, 0.25) is 0 Å². The van der Waals surface area contributed by atoms with Gasteiger partial charge in [0.15, 0.2) is 5.76 Å². The fourth-order valence-corrected chi connectivity index (χ4v) is 3.03. The van der Waals surface area contributed by atoms with Crippen LogP contribution in [-0.4, -0.2) is 47.0 Å². The Labute approximate surface area is 143 Å².